The maximum Gasteiger partial charge on any atom is 0.156 e. The molecule has 5 rings (SSSR count). The van der Waals surface area contributed by atoms with Gasteiger partial charge in [-0.2, -0.15) is 5.10 Å². The van der Waals surface area contributed by atoms with Gasteiger partial charge in [0.15, 0.2) is 11.6 Å². The number of carbonyl (C=O) groups is 1. The van der Waals surface area contributed by atoms with E-state index in [1.807, 2.05) is 36.4 Å². The van der Waals surface area contributed by atoms with Gasteiger partial charge in [0.1, 0.15) is 11.5 Å². The Bertz CT molecular complexity index is 1020. The molecule has 2 aromatic heterocycles. The Kier molecular flexibility index (Phi) is 3.55. The average molecular weight is 367 g/mol. The van der Waals surface area contributed by atoms with Crippen molar-refractivity contribution in [3.63, 3.8) is 0 Å². The summed E-state index contributed by atoms with van der Waals surface area (Å²) < 4.78 is 6.16. The summed E-state index contributed by atoms with van der Waals surface area (Å²) in [6, 6.07) is 11.3. The number of nitrogens with one attached hydrogen (secondary N) is 2. The predicted octanol–water partition coefficient (Wildman–Crippen LogP) is 3.33. The van der Waals surface area contributed by atoms with Crippen LogP contribution in [0.15, 0.2) is 52.0 Å². The highest BCUT2D eigenvalue weighted by Crippen LogP contribution is 2.43. The number of carbonyl (C=O) groups excluding carboxylic acids is 1. The van der Waals surface area contributed by atoms with Crippen LogP contribution in [0.4, 0.5) is 5.82 Å². The van der Waals surface area contributed by atoms with E-state index in [0.29, 0.717) is 23.9 Å². The number of hydrogen-bond acceptors (Lipinski definition) is 5. The van der Waals surface area contributed by atoms with Crippen molar-refractivity contribution in [3.8, 4) is 11.3 Å². The third-order valence-corrected chi connectivity index (χ3v) is 5.20. The van der Waals surface area contributed by atoms with Gasteiger partial charge in [-0.1, -0.05) is 11.6 Å². The van der Waals surface area contributed by atoms with Gasteiger partial charge in [-0.25, -0.2) is 4.99 Å². The van der Waals surface area contributed by atoms with Crippen molar-refractivity contribution in [1.29, 1.82) is 0 Å². The van der Waals surface area contributed by atoms with Gasteiger partial charge in [0.2, 0.25) is 0 Å². The zero-order chi connectivity index (χ0) is 17.7. The first kappa shape index (κ1) is 15.5. The summed E-state index contributed by atoms with van der Waals surface area (Å²) in [7, 11) is 0. The molecule has 2 N–H and O–H groups in total. The van der Waals surface area contributed by atoms with Gasteiger partial charge < -0.3 is 9.73 Å². The van der Waals surface area contributed by atoms with Gasteiger partial charge in [0.05, 0.1) is 24.6 Å². The average Bonchev–Trinajstić information content (AvgIpc) is 3.30. The van der Waals surface area contributed by atoms with Crippen LogP contribution in [0.5, 0.6) is 0 Å². The fraction of sp³-hybridized carbons (Fsp3) is 0.211. The summed E-state index contributed by atoms with van der Waals surface area (Å²) in [6.07, 6.45) is 1.74. The number of fused-ring (bicyclic) bond motifs is 2. The summed E-state index contributed by atoms with van der Waals surface area (Å²) >= 11 is 5.96. The quantitative estimate of drug-likeness (QED) is 0.728. The number of benzene rings is 1. The number of piperidine rings is 1. The molecule has 0 saturated carbocycles. The minimum atomic E-state index is -0.314. The molecule has 2 unspecified atom stereocenters. The summed E-state index contributed by atoms with van der Waals surface area (Å²) in [5.74, 6) is 1.77. The number of aromatic nitrogens is 2. The highest BCUT2D eigenvalue weighted by atomic mass is 35.5. The van der Waals surface area contributed by atoms with Crippen molar-refractivity contribution in [2.45, 2.75) is 5.92 Å². The minimum absolute atomic E-state index is 0.122. The molecule has 0 radical (unpaired) electrons. The Morgan fingerprint density at radius 3 is 2.77 bits per heavy atom. The van der Waals surface area contributed by atoms with E-state index in [1.165, 1.54) is 0 Å². The third-order valence-electron chi connectivity index (χ3n) is 4.94. The van der Waals surface area contributed by atoms with Crippen molar-refractivity contribution < 1.29 is 9.21 Å². The first-order chi connectivity index (χ1) is 12.7. The Labute approximate surface area is 154 Å². The molecule has 0 spiro atoms. The van der Waals surface area contributed by atoms with E-state index in [-0.39, 0.29) is 17.6 Å². The number of halogens is 1. The van der Waals surface area contributed by atoms with Crippen molar-refractivity contribution in [1.82, 2.24) is 15.5 Å². The summed E-state index contributed by atoms with van der Waals surface area (Å²) in [6.45, 7) is 0.939. The van der Waals surface area contributed by atoms with E-state index in [4.69, 9.17) is 16.0 Å². The Balaban J connectivity index is 1.59. The normalized spacial score (nSPS) is 21.9. The molecule has 6 nitrogen and oxygen atoms in total. The maximum atomic E-state index is 12.6. The van der Waals surface area contributed by atoms with Crippen molar-refractivity contribution in [2.75, 3.05) is 13.1 Å². The van der Waals surface area contributed by atoms with E-state index in [1.54, 1.807) is 6.20 Å². The highest BCUT2D eigenvalue weighted by molar-refractivity contribution is 6.30. The van der Waals surface area contributed by atoms with Crippen LogP contribution >= 0.6 is 11.6 Å². The lowest BCUT2D eigenvalue weighted by Gasteiger charge is -2.32. The first-order valence-corrected chi connectivity index (χ1v) is 8.78. The third kappa shape index (κ3) is 2.41. The van der Waals surface area contributed by atoms with Crippen LogP contribution in [0.2, 0.25) is 5.02 Å². The van der Waals surface area contributed by atoms with E-state index < -0.39 is 0 Å². The fourth-order valence-electron chi connectivity index (χ4n) is 3.74. The van der Waals surface area contributed by atoms with Crippen LogP contribution in [-0.2, 0) is 4.79 Å². The molecule has 1 aromatic carbocycles. The molecule has 2 aliphatic rings. The molecular formula is C19H15ClN4O2. The van der Waals surface area contributed by atoms with Crippen LogP contribution in [0, 0.1) is 5.92 Å². The second-order valence-corrected chi connectivity index (χ2v) is 6.95. The van der Waals surface area contributed by atoms with Crippen molar-refractivity contribution in [3.05, 3.63) is 58.9 Å². The smallest absolute Gasteiger partial charge is 0.156 e. The molecular weight excluding hydrogens is 352 g/mol. The van der Waals surface area contributed by atoms with Gasteiger partial charge in [-0.05, 0) is 36.4 Å². The van der Waals surface area contributed by atoms with Gasteiger partial charge in [-0.15, -0.1) is 0 Å². The van der Waals surface area contributed by atoms with Crippen molar-refractivity contribution >= 4 is 28.9 Å². The van der Waals surface area contributed by atoms with Crippen LogP contribution in [0.3, 0.4) is 0 Å². The standard InChI is InChI=1S/C19H15ClN4O2/c20-11-3-1-10(2-4-11)15-5-6-16(26-15)17-12-7-22-24-19(12)23-13-8-21-9-14(25)18(13)17/h1-7,17-18,21H,8-9H2,(H,22,24). The van der Waals surface area contributed by atoms with E-state index in [2.05, 4.69) is 20.5 Å². The molecule has 7 heteroatoms. The number of ketones is 1. The molecule has 3 aromatic rings. The molecule has 1 fully saturated rings. The number of aromatic amines is 1. The number of aliphatic imine (C=N–C) groups is 1. The summed E-state index contributed by atoms with van der Waals surface area (Å²) in [4.78, 5) is 17.2. The highest BCUT2D eigenvalue weighted by Gasteiger charge is 2.43. The largest absolute Gasteiger partial charge is 0.460 e. The molecule has 0 bridgehead atoms. The molecule has 4 heterocycles. The number of furan rings is 1. The fourth-order valence-corrected chi connectivity index (χ4v) is 3.87. The van der Waals surface area contributed by atoms with E-state index in [9.17, 15) is 4.79 Å². The van der Waals surface area contributed by atoms with Crippen molar-refractivity contribution in [2.24, 2.45) is 10.9 Å². The summed E-state index contributed by atoms with van der Waals surface area (Å²) in [5.41, 5.74) is 2.66. The number of Topliss-reactive ketones (excluding diaryl/α,β-unsaturated/α-hetero) is 1. The topological polar surface area (TPSA) is 83.3 Å². The van der Waals surface area contributed by atoms with Crippen LogP contribution in [0.25, 0.3) is 11.3 Å². The predicted molar refractivity (Wildman–Crippen MR) is 98.0 cm³/mol. The number of nitrogens with zero attached hydrogens (tertiary/aromatic N) is 2. The Hall–Kier alpha value is -2.70. The molecule has 130 valence electrons. The SMILES string of the molecule is O=C1CNCC2=Nc3[nH]ncc3C(c3ccc(-c4ccc(Cl)cc4)o3)C12. The Morgan fingerprint density at radius 2 is 1.92 bits per heavy atom. The van der Waals surface area contributed by atoms with Gasteiger partial charge in [-0.3, -0.25) is 9.89 Å². The van der Waals surface area contributed by atoms with Gasteiger partial charge in [0, 0.05) is 28.4 Å². The monoisotopic (exact) mass is 366 g/mol. The maximum absolute atomic E-state index is 12.6. The van der Waals surface area contributed by atoms with E-state index >= 15 is 0 Å². The second kappa shape index (κ2) is 5.93. The molecule has 2 atom stereocenters. The number of hydrogen-bond donors (Lipinski definition) is 2. The zero-order valence-electron chi connectivity index (χ0n) is 13.7. The lowest BCUT2D eigenvalue weighted by molar-refractivity contribution is -0.121. The molecule has 26 heavy (non-hydrogen) atoms. The van der Waals surface area contributed by atoms with Gasteiger partial charge >= 0.3 is 0 Å². The molecule has 0 aliphatic carbocycles. The molecule has 1 saturated heterocycles. The summed E-state index contributed by atoms with van der Waals surface area (Å²) in [5, 5.41) is 10.8. The van der Waals surface area contributed by atoms with E-state index in [0.717, 1.165) is 28.4 Å². The first-order valence-electron chi connectivity index (χ1n) is 8.40. The lowest BCUT2D eigenvalue weighted by atomic mass is 9.76. The van der Waals surface area contributed by atoms with Crippen LogP contribution in [-0.4, -0.2) is 34.8 Å². The van der Waals surface area contributed by atoms with Crippen LogP contribution in [0.1, 0.15) is 17.2 Å². The zero-order valence-corrected chi connectivity index (χ0v) is 14.5. The minimum Gasteiger partial charge on any atom is -0.460 e. The number of H-pyrrole nitrogens is 1. The molecule has 0 amide bonds. The number of rotatable bonds is 2. The van der Waals surface area contributed by atoms with Crippen LogP contribution < -0.4 is 5.32 Å². The Morgan fingerprint density at radius 1 is 1.08 bits per heavy atom. The van der Waals surface area contributed by atoms with Gasteiger partial charge in [0.25, 0.3) is 0 Å². The lowest BCUT2D eigenvalue weighted by Crippen LogP contribution is -2.48. The molecule has 2 aliphatic heterocycles. The second-order valence-electron chi connectivity index (χ2n) is 6.51.